The number of carbonyl (C=O) groups is 2. The summed E-state index contributed by atoms with van der Waals surface area (Å²) in [7, 11) is 3.09. The average molecular weight is 517 g/mol. The molecule has 4 aromatic rings. The number of methoxy groups -OCH3 is 2. The molecule has 1 atom stereocenters. The van der Waals surface area contributed by atoms with Gasteiger partial charge in [-0.1, -0.05) is 36.4 Å². The third-order valence-corrected chi connectivity index (χ3v) is 6.66. The van der Waals surface area contributed by atoms with Crippen molar-refractivity contribution in [1.82, 2.24) is 0 Å². The average Bonchev–Trinajstić information content (AvgIpc) is 2.92. The van der Waals surface area contributed by atoms with Gasteiger partial charge in [-0.2, -0.15) is 0 Å². The minimum atomic E-state index is -0.582. The fourth-order valence-electron chi connectivity index (χ4n) is 3.58. The maximum Gasteiger partial charge on any atom is 0.255 e. The first-order valence-electron chi connectivity index (χ1n) is 11.4. The number of halogens is 1. The van der Waals surface area contributed by atoms with E-state index in [0.717, 1.165) is 10.5 Å². The molecule has 188 valence electrons. The van der Waals surface area contributed by atoms with Crippen LogP contribution in [0.2, 0.25) is 0 Å². The largest absolute Gasteiger partial charge is 0.497 e. The fraction of sp³-hybridized carbons (Fsp3) is 0.103. The second-order valence-electron chi connectivity index (χ2n) is 7.99. The highest BCUT2D eigenvalue weighted by molar-refractivity contribution is 8.00. The zero-order valence-electron chi connectivity index (χ0n) is 20.2. The predicted octanol–water partition coefficient (Wildman–Crippen LogP) is 6.57. The number of hydrogen-bond donors (Lipinski definition) is 2. The van der Waals surface area contributed by atoms with Gasteiger partial charge in [-0.25, -0.2) is 4.39 Å². The molecule has 0 saturated carbocycles. The van der Waals surface area contributed by atoms with Crippen molar-refractivity contribution in [1.29, 1.82) is 0 Å². The van der Waals surface area contributed by atoms with E-state index in [-0.39, 0.29) is 11.8 Å². The minimum Gasteiger partial charge on any atom is -0.497 e. The molecule has 4 rings (SSSR count). The van der Waals surface area contributed by atoms with Gasteiger partial charge in [-0.05, 0) is 48.0 Å². The Labute approximate surface area is 218 Å². The second kappa shape index (κ2) is 12.1. The van der Waals surface area contributed by atoms with Crippen molar-refractivity contribution in [3.05, 3.63) is 114 Å². The van der Waals surface area contributed by atoms with Crippen LogP contribution in [0.1, 0.15) is 21.2 Å². The molecule has 0 spiro atoms. The van der Waals surface area contributed by atoms with Gasteiger partial charge in [0.15, 0.2) is 0 Å². The van der Waals surface area contributed by atoms with E-state index in [1.54, 1.807) is 50.6 Å². The summed E-state index contributed by atoms with van der Waals surface area (Å²) in [5.74, 6) is 0.123. The molecule has 2 amide bonds. The van der Waals surface area contributed by atoms with E-state index in [2.05, 4.69) is 10.6 Å². The van der Waals surface area contributed by atoms with Crippen LogP contribution in [0, 0.1) is 5.82 Å². The van der Waals surface area contributed by atoms with Gasteiger partial charge in [-0.3, -0.25) is 9.59 Å². The lowest BCUT2D eigenvalue weighted by Crippen LogP contribution is -2.19. The molecule has 0 heterocycles. The van der Waals surface area contributed by atoms with Crippen LogP contribution in [0.3, 0.4) is 0 Å². The van der Waals surface area contributed by atoms with Crippen LogP contribution < -0.4 is 20.1 Å². The molecule has 1 unspecified atom stereocenters. The number of ether oxygens (including phenoxy) is 2. The highest BCUT2D eigenvalue weighted by atomic mass is 32.2. The number of anilines is 2. The molecule has 8 heteroatoms. The molecular weight excluding hydrogens is 491 g/mol. The van der Waals surface area contributed by atoms with Crippen molar-refractivity contribution < 1.29 is 23.5 Å². The lowest BCUT2D eigenvalue weighted by atomic mass is 10.1. The Bertz CT molecular complexity index is 1360. The molecule has 0 aromatic heterocycles. The van der Waals surface area contributed by atoms with Gasteiger partial charge in [0.1, 0.15) is 22.6 Å². The molecule has 2 N–H and O–H groups in total. The van der Waals surface area contributed by atoms with E-state index in [0.29, 0.717) is 28.4 Å². The first-order valence-corrected chi connectivity index (χ1v) is 12.3. The lowest BCUT2D eigenvalue weighted by molar-refractivity contribution is -0.115. The Morgan fingerprint density at radius 1 is 0.757 bits per heavy atom. The Balaban J connectivity index is 1.55. The number of benzene rings is 4. The molecule has 0 saturated heterocycles. The summed E-state index contributed by atoms with van der Waals surface area (Å²) in [6.45, 7) is 0. The summed E-state index contributed by atoms with van der Waals surface area (Å²) in [6.07, 6.45) is 0. The minimum absolute atomic E-state index is 0.229. The molecule has 0 aliphatic heterocycles. The van der Waals surface area contributed by atoms with Gasteiger partial charge in [-0.15, -0.1) is 11.8 Å². The van der Waals surface area contributed by atoms with Gasteiger partial charge in [0.05, 0.1) is 14.2 Å². The van der Waals surface area contributed by atoms with E-state index in [1.165, 1.54) is 36.0 Å². The van der Waals surface area contributed by atoms with Gasteiger partial charge in [0, 0.05) is 40.0 Å². The highest BCUT2D eigenvalue weighted by Gasteiger charge is 2.23. The van der Waals surface area contributed by atoms with E-state index in [1.807, 2.05) is 36.4 Å². The number of thioether (sulfide) groups is 1. The van der Waals surface area contributed by atoms with Gasteiger partial charge < -0.3 is 20.1 Å². The number of amides is 2. The van der Waals surface area contributed by atoms with Gasteiger partial charge >= 0.3 is 0 Å². The second-order valence-corrected chi connectivity index (χ2v) is 9.17. The van der Waals surface area contributed by atoms with Crippen molar-refractivity contribution in [3.8, 4) is 11.5 Å². The number of hydrogen-bond acceptors (Lipinski definition) is 5. The Kier molecular flexibility index (Phi) is 8.43. The zero-order chi connectivity index (χ0) is 26.2. The van der Waals surface area contributed by atoms with Crippen LogP contribution in [-0.4, -0.2) is 26.0 Å². The molecular formula is C29H25FN2O4S. The van der Waals surface area contributed by atoms with E-state index in [9.17, 15) is 14.0 Å². The maximum absolute atomic E-state index is 13.5. The molecule has 0 fully saturated rings. The smallest absolute Gasteiger partial charge is 0.255 e. The standard InChI is InChI=1S/C29H25FN2O4S/c1-35-24-15-23(16-25(18-24)36-2)32-29(34)27(19-7-4-3-5-8-19)37-26-10-6-9-22(17-26)31-28(33)20-11-13-21(30)14-12-20/h3-18,27H,1-2H3,(H,31,33)(H,32,34). The summed E-state index contributed by atoms with van der Waals surface area (Å²) in [4.78, 5) is 26.8. The molecule has 4 aromatic carbocycles. The Morgan fingerprint density at radius 2 is 1.43 bits per heavy atom. The summed E-state index contributed by atoms with van der Waals surface area (Å²) in [6, 6.07) is 27.1. The van der Waals surface area contributed by atoms with Crippen molar-refractivity contribution in [2.75, 3.05) is 24.9 Å². The number of rotatable bonds is 9. The van der Waals surface area contributed by atoms with Crippen molar-refractivity contribution >= 4 is 35.0 Å². The van der Waals surface area contributed by atoms with E-state index >= 15 is 0 Å². The van der Waals surface area contributed by atoms with Crippen LogP contribution >= 0.6 is 11.8 Å². The summed E-state index contributed by atoms with van der Waals surface area (Å²) in [5, 5.41) is 5.20. The topological polar surface area (TPSA) is 76.7 Å². The monoisotopic (exact) mass is 516 g/mol. The first kappa shape index (κ1) is 25.8. The molecule has 6 nitrogen and oxygen atoms in total. The van der Waals surface area contributed by atoms with Crippen LogP contribution in [0.4, 0.5) is 15.8 Å². The third kappa shape index (κ3) is 6.89. The normalized spacial score (nSPS) is 11.3. The molecule has 0 aliphatic carbocycles. The van der Waals surface area contributed by atoms with Crippen molar-refractivity contribution in [2.45, 2.75) is 10.1 Å². The van der Waals surface area contributed by atoms with Crippen LogP contribution in [0.5, 0.6) is 11.5 Å². The summed E-state index contributed by atoms with van der Waals surface area (Å²) >= 11 is 1.35. The fourth-order valence-corrected chi connectivity index (χ4v) is 4.66. The summed E-state index contributed by atoms with van der Waals surface area (Å²) < 4.78 is 23.8. The maximum atomic E-state index is 13.5. The van der Waals surface area contributed by atoms with Gasteiger partial charge in [0.2, 0.25) is 5.91 Å². The summed E-state index contributed by atoms with van der Waals surface area (Å²) in [5.41, 5.74) is 2.27. The van der Waals surface area contributed by atoms with Gasteiger partial charge in [0.25, 0.3) is 5.91 Å². The molecule has 37 heavy (non-hydrogen) atoms. The van der Waals surface area contributed by atoms with Crippen molar-refractivity contribution in [2.24, 2.45) is 0 Å². The van der Waals surface area contributed by atoms with Crippen LogP contribution in [-0.2, 0) is 4.79 Å². The lowest BCUT2D eigenvalue weighted by Gasteiger charge is -2.18. The van der Waals surface area contributed by atoms with Crippen LogP contribution in [0.25, 0.3) is 0 Å². The van der Waals surface area contributed by atoms with Crippen LogP contribution in [0.15, 0.2) is 102 Å². The number of carbonyl (C=O) groups excluding carboxylic acids is 2. The molecule has 0 bridgehead atoms. The number of nitrogens with one attached hydrogen (secondary N) is 2. The molecule has 0 radical (unpaired) electrons. The predicted molar refractivity (Wildman–Crippen MR) is 144 cm³/mol. The van der Waals surface area contributed by atoms with Crippen molar-refractivity contribution in [3.63, 3.8) is 0 Å². The first-order chi connectivity index (χ1) is 17.9. The van der Waals surface area contributed by atoms with E-state index < -0.39 is 11.1 Å². The Hall–Kier alpha value is -4.30. The van der Waals surface area contributed by atoms with E-state index in [4.69, 9.17) is 9.47 Å². The zero-order valence-corrected chi connectivity index (χ0v) is 21.1. The quantitative estimate of drug-likeness (QED) is 0.246. The highest BCUT2D eigenvalue weighted by Crippen LogP contribution is 2.38. The molecule has 0 aliphatic rings. The SMILES string of the molecule is COc1cc(NC(=O)C(Sc2cccc(NC(=O)c3ccc(F)cc3)c2)c2ccccc2)cc(OC)c1. The Morgan fingerprint density at radius 3 is 2.08 bits per heavy atom. The third-order valence-electron chi connectivity index (χ3n) is 5.41.